The molecule has 0 fully saturated rings. The Morgan fingerprint density at radius 2 is 2.12 bits per heavy atom. The van der Waals surface area contributed by atoms with Crippen molar-refractivity contribution in [1.82, 2.24) is 4.47 Å². The highest BCUT2D eigenvalue weighted by atomic mass is 32.2. The molecule has 0 saturated heterocycles. The molecule has 0 bridgehead atoms. The Labute approximate surface area is 48.3 Å². The smallest absolute Gasteiger partial charge is 0.288 e. The van der Waals surface area contributed by atoms with Gasteiger partial charge in [-0.1, -0.05) is 0 Å². The van der Waals surface area contributed by atoms with Crippen LogP contribution in [0.5, 0.6) is 0 Å². The lowest BCUT2D eigenvalue weighted by Gasteiger charge is -2.02. The summed E-state index contributed by atoms with van der Waals surface area (Å²) in [6.07, 6.45) is 0. The minimum Gasteiger partial charge on any atom is -0.288 e. The molecule has 1 amide bonds. The topological polar surface area (TPSA) is 77.8 Å². The number of nitrogens with zero attached hydrogens (tertiary/aromatic N) is 1. The molecule has 0 aliphatic carbocycles. The van der Waals surface area contributed by atoms with Gasteiger partial charge in [-0.15, -0.1) is 4.47 Å². The van der Waals surface area contributed by atoms with Crippen molar-refractivity contribution in [3.05, 3.63) is 0 Å². The molecule has 0 rings (SSSR count). The summed E-state index contributed by atoms with van der Waals surface area (Å²) in [5.41, 5.74) is 0. The van der Waals surface area contributed by atoms with Crippen molar-refractivity contribution in [3.63, 3.8) is 0 Å². The summed E-state index contributed by atoms with van der Waals surface area (Å²) in [5, 5.41) is 8.14. The van der Waals surface area contributed by atoms with E-state index in [1.54, 1.807) is 0 Å². The van der Waals surface area contributed by atoms with E-state index in [9.17, 15) is 9.00 Å². The number of carbonyl (C=O) groups excluding carboxylic acids is 1. The predicted octanol–water partition coefficient (Wildman–Crippen LogP) is -0.639. The highest BCUT2D eigenvalue weighted by molar-refractivity contribution is 7.77. The van der Waals surface area contributed by atoms with E-state index in [4.69, 9.17) is 9.76 Å². The largest absolute Gasteiger partial charge is 0.289 e. The summed E-state index contributed by atoms with van der Waals surface area (Å²) >= 11 is -2.60. The maximum absolute atomic E-state index is 9.91. The first-order valence-electron chi connectivity index (χ1n) is 1.66. The zero-order valence-electron chi connectivity index (χ0n) is 4.07. The first-order valence-corrected chi connectivity index (χ1v) is 2.72. The molecular formula is C2H5NO4S. The van der Waals surface area contributed by atoms with Crippen LogP contribution in [0.4, 0.5) is 0 Å². The molecule has 0 saturated carbocycles. The van der Waals surface area contributed by atoms with Gasteiger partial charge in [-0.2, -0.15) is 0 Å². The lowest BCUT2D eigenvalue weighted by molar-refractivity contribution is -0.143. The van der Waals surface area contributed by atoms with Crippen LogP contribution in [-0.2, 0) is 16.1 Å². The predicted molar refractivity (Wildman–Crippen MR) is 25.1 cm³/mol. The van der Waals surface area contributed by atoms with Gasteiger partial charge >= 0.3 is 0 Å². The molecule has 1 atom stereocenters. The van der Waals surface area contributed by atoms with Crippen molar-refractivity contribution in [2.75, 3.05) is 0 Å². The summed E-state index contributed by atoms with van der Waals surface area (Å²) in [7, 11) is 0. The Morgan fingerprint density at radius 3 is 2.12 bits per heavy atom. The number of rotatable bonds is 1. The van der Waals surface area contributed by atoms with Crippen LogP contribution in [0.1, 0.15) is 6.92 Å². The van der Waals surface area contributed by atoms with E-state index in [2.05, 4.69) is 0 Å². The van der Waals surface area contributed by atoms with E-state index < -0.39 is 17.2 Å². The third-order valence-corrected chi connectivity index (χ3v) is 0.970. The van der Waals surface area contributed by atoms with Crippen LogP contribution in [-0.4, -0.2) is 24.3 Å². The summed E-state index contributed by atoms with van der Waals surface area (Å²) in [4.78, 5) is 9.91. The van der Waals surface area contributed by atoms with Crippen LogP contribution < -0.4 is 0 Å². The number of hydrogen-bond acceptors (Lipinski definition) is 3. The van der Waals surface area contributed by atoms with Gasteiger partial charge in [0.2, 0.25) is 0 Å². The van der Waals surface area contributed by atoms with E-state index in [1.807, 2.05) is 0 Å². The molecule has 0 aromatic rings. The maximum Gasteiger partial charge on any atom is 0.289 e. The molecule has 0 radical (unpaired) electrons. The summed E-state index contributed by atoms with van der Waals surface area (Å²) in [6.45, 7) is 0.966. The highest BCUT2D eigenvalue weighted by Crippen LogP contribution is 1.83. The van der Waals surface area contributed by atoms with E-state index in [0.717, 1.165) is 6.92 Å². The second-order valence-corrected chi connectivity index (χ2v) is 1.83. The fourth-order valence-electron chi connectivity index (χ4n) is 0.110. The maximum atomic E-state index is 9.91. The van der Waals surface area contributed by atoms with Crippen molar-refractivity contribution in [2.24, 2.45) is 0 Å². The van der Waals surface area contributed by atoms with Crippen LogP contribution >= 0.6 is 0 Å². The molecule has 5 nitrogen and oxygen atoms in total. The third-order valence-electron chi connectivity index (χ3n) is 0.417. The monoisotopic (exact) mass is 139 g/mol. The van der Waals surface area contributed by atoms with Gasteiger partial charge < -0.3 is 0 Å². The number of hydrogen-bond donors (Lipinski definition) is 2. The molecule has 2 N–H and O–H groups in total. The highest BCUT2D eigenvalue weighted by Gasteiger charge is 2.08. The molecule has 0 aliphatic heterocycles. The van der Waals surface area contributed by atoms with E-state index >= 15 is 0 Å². The van der Waals surface area contributed by atoms with Crippen molar-refractivity contribution < 1.29 is 18.8 Å². The van der Waals surface area contributed by atoms with Crippen molar-refractivity contribution >= 4 is 17.2 Å². The van der Waals surface area contributed by atoms with Crippen molar-refractivity contribution in [3.8, 4) is 0 Å². The zero-order chi connectivity index (χ0) is 6.73. The Morgan fingerprint density at radius 1 is 1.75 bits per heavy atom. The van der Waals surface area contributed by atoms with Crippen LogP contribution in [0.25, 0.3) is 0 Å². The minimum atomic E-state index is -2.60. The molecule has 8 heavy (non-hydrogen) atoms. The Kier molecular flexibility index (Phi) is 2.59. The average molecular weight is 139 g/mol. The second kappa shape index (κ2) is 2.75. The minimum absolute atomic E-state index is 0.278. The molecule has 0 aliphatic rings. The fourth-order valence-corrected chi connectivity index (χ4v) is 0.330. The van der Waals surface area contributed by atoms with Gasteiger partial charge in [-0.25, -0.2) is 4.21 Å². The van der Waals surface area contributed by atoms with Gasteiger partial charge in [-0.3, -0.25) is 14.6 Å². The van der Waals surface area contributed by atoms with Gasteiger partial charge in [0, 0.05) is 6.92 Å². The fraction of sp³-hybridized carbons (Fsp3) is 0.500. The Balaban J connectivity index is 3.83. The molecule has 0 heterocycles. The molecule has 6 heteroatoms. The summed E-state index contributed by atoms with van der Waals surface area (Å²) in [5.74, 6) is -0.870. The van der Waals surface area contributed by atoms with E-state index in [0.29, 0.717) is 0 Å². The SMILES string of the molecule is CC(=O)N(O)S(=O)O. The number of amides is 1. The Bertz CT molecular complexity index is 109. The third kappa shape index (κ3) is 2.01. The summed E-state index contributed by atoms with van der Waals surface area (Å²) < 4.78 is 17.3. The first kappa shape index (κ1) is 7.54. The lowest BCUT2D eigenvalue weighted by atomic mass is 10.8. The first-order chi connectivity index (χ1) is 3.55. The van der Waals surface area contributed by atoms with Crippen LogP contribution in [0.15, 0.2) is 0 Å². The normalized spacial score (nSPS) is 12.9. The average Bonchev–Trinajstić information content (AvgIpc) is 1.64. The van der Waals surface area contributed by atoms with E-state index in [1.165, 1.54) is 0 Å². The lowest BCUT2D eigenvalue weighted by Crippen LogP contribution is -2.25. The van der Waals surface area contributed by atoms with Gasteiger partial charge in [0.15, 0.2) is 0 Å². The van der Waals surface area contributed by atoms with Gasteiger partial charge in [0.25, 0.3) is 17.2 Å². The standard InChI is InChI=1S/C2H5NO4S/c1-2(4)3(5)8(6)7/h5H,1H3,(H,6,7). The van der Waals surface area contributed by atoms with Crippen molar-refractivity contribution in [1.29, 1.82) is 0 Å². The van der Waals surface area contributed by atoms with E-state index in [-0.39, 0.29) is 4.47 Å². The second-order valence-electron chi connectivity index (χ2n) is 1.02. The quantitative estimate of drug-likeness (QED) is 0.288. The number of hydroxylamine groups is 1. The van der Waals surface area contributed by atoms with Crippen LogP contribution in [0, 0.1) is 0 Å². The Hall–Kier alpha value is -0.460. The van der Waals surface area contributed by atoms with Crippen molar-refractivity contribution in [2.45, 2.75) is 6.92 Å². The van der Waals surface area contributed by atoms with Gasteiger partial charge in [0.05, 0.1) is 0 Å². The molecule has 0 aromatic carbocycles. The molecular weight excluding hydrogens is 134 g/mol. The molecule has 0 spiro atoms. The van der Waals surface area contributed by atoms with Crippen LogP contribution in [0.2, 0.25) is 0 Å². The van der Waals surface area contributed by atoms with Gasteiger partial charge in [0.1, 0.15) is 0 Å². The molecule has 1 unspecified atom stereocenters. The summed E-state index contributed by atoms with van der Waals surface area (Å²) in [6, 6.07) is 0. The van der Waals surface area contributed by atoms with Gasteiger partial charge in [-0.05, 0) is 0 Å². The molecule has 0 aromatic heterocycles. The number of carbonyl (C=O) groups is 1. The zero-order valence-corrected chi connectivity index (χ0v) is 4.88. The van der Waals surface area contributed by atoms with Crippen LogP contribution in [0.3, 0.4) is 0 Å². The molecule has 48 valence electrons.